The minimum Gasteiger partial charge on any atom is -0.392 e. The normalized spacial score (nSPS) is 12.3. The zero-order chi connectivity index (χ0) is 15.3. The number of hydrogen-bond donors (Lipinski definition) is 1. The predicted molar refractivity (Wildman–Crippen MR) is 73.2 cm³/mol. The summed E-state index contributed by atoms with van der Waals surface area (Å²) in [7, 11) is -2.45. The van der Waals surface area contributed by atoms with Crippen molar-refractivity contribution in [1.29, 1.82) is 0 Å². The molecule has 1 aromatic rings. The zero-order valence-electron chi connectivity index (χ0n) is 11.8. The van der Waals surface area contributed by atoms with Crippen LogP contribution in [0.5, 0.6) is 0 Å². The summed E-state index contributed by atoms with van der Waals surface area (Å²) in [6.07, 6.45) is 0.00766. The number of nitrogens with zero attached hydrogens (tertiary/aromatic N) is 1. The number of aliphatic hydroxyl groups is 1. The van der Waals surface area contributed by atoms with Gasteiger partial charge >= 0.3 is 0 Å². The van der Waals surface area contributed by atoms with E-state index in [1.165, 1.54) is 13.1 Å². The second-order valence-corrected chi connectivity index (χ2v) is 6.67. The van der Waals surface area contributed by atoms with E-state index in [1.54, 1.807) is 0 Å². The van der Waals surface area contributed by atoms with Gasteiger partial charge in [-0.25, -0.2) is 12.8 Å². The lowest BCUT2D eigenvalue weighted by atomic mass is 10.2. The van der Waals surface area contributed by atoms with Crippen LogP contribution in [0.3, 0.4) is 0 Å². The number of benzene rings is 1. The quantitative estimate of drug-likeness (QED) is 0.826. The monoisotopic (exact) mass is 305 g/mol. The highest BCUT2D eigenvalue weighted by Crippen LogP contribution is 2.20. The minimum atomic E-state index is -3.85. The van der Waals surface area contributed by atoms with Crippen LogP contribution in [0.15, 0.2) is 23.1 Å². The van der Waals surface area contributed by atoms with Crippen LogP contribution in [-0.2, 0) is 21.4 Å². The third-order valence-corrected chi connectivity index (χ3v) is 4.68. The van der Waals surface area contributed by atoms with Gasteiger partial charge in [0.1, 0.15) is 5.82 Å². The number of sulfonamides is 1. The molecule has 0 atom stereocenters. The first kappa shape index (κ1) is 17.0. The maximum absolute atomic E-state index is 13.2. The van der Waals surface area contributed by atoms with Crippen molar-refractivity contribution in [3.63, 3.8) is 0 Å². The standard InChI is InChI=1S/C13H20FNO4S/c1-10(2)19-7-6-15(3)20(17,18)13-8-12(14)5-4-11(13)9-16/h4-5,8,10,16H,6-7,9H2,1-3H3. The number of likely N-dealkylation sites (N-methyl/N-ethyl adjacent to an activating group) is 1. The van der Waals surface area contributed by atoms with Gasteiger partial charge < -0.3 is 9.84 Å². The molecule has 0 spiro atoms. The first-order chi connectivity index (χ1) is 9.28. The summed E-state index contributed by atoms with van der Waals surface area (Å²) in [5.41, 5.74) is 0.169. The van der Waals surface area contributed by atoms with E-state index >= 15 is 0 Å². The third-order valence-electron chi connectivity index (χ3n) is 2.75. The highest BCUT2D eigenvalue weighted by atomic mass is 32.2. The maximum atomic E-state index is 13.2. The lowest BCUT2D eigenvalue weighted by Gasteiger charge is -2.19. The fraction of sp³-hybridized carbons (Fsp3) is 0.538. The van der Waals surface area contributed by atoms with Gasteiger partial charge in [-0.05, 0) is 31.5 Å². The number of rotatable bonds is 7. The molecule has 0 amide bonds. The molecule has 1 rings (SSSR count). The molecule has 0 unspecified atom stereocenters. The van der Waals surface area contributed by atoms with E-state index in [1.807, 2.05) is 13.8 Å². The summed E-state index contributed by atoms with van der Waals surface area (Å²) in [4.78, 5) is -0.216. The maximum Gasteiger partial charge on any atom is 0.243 e. The second kappa shape index (κ2) is 7.12. The van der Waals surface area contributed by atoms with Crippen LogP contribution in [-0.4, -0.2) is 44.1 Å². The summed E-state index contributed by atoms with van der Waals surface area (Å²) in [6, 6.07) is 3.30. The van der Waals surface area contributed by atoms with Crippen LogP contribution in [0.4, 0.5) is 4.39 Å². The van der Waals surface area contributed by atoms with Crippen molar-refractivity contribution in [1.82, 2.24) is 4.31 Å². The molecule has 114 valence electrons. The summed E-state index contributed by atoms with van der Waals surface area (Å²) < 4.78 is 44.3. The topological polar surface area (TPSA) is 66.8 Å². The van der Waals surface area contributed by atoms with E-state index in [0.29, 0.717) is 0 Å². The Morgan fingerprint density at radius 2 is 2.05 bits per heavy atom. The molecule has 5 nitrogen and oxygen atoms in total. The Morgan fingerprint density at radius 1 is 1.40 bits per heavy atom. The van der Waals surface area contributed by atoms with E-state index < -0.39 is 22.4 Å². The Labute approximate surface area is 119 Å². The molecule has 0 aliphatic rings. The summed E-state index contributed by atoms with van der Waals surface area (Å²) in [6.45, 7) is 3.64. The Kier molecular flexibility index (Phi) is 6.07. The number of aliphatic hydroxyl groups excluding tert-OH is 1. The van der Waals surface area contributed by atoms with Crippen LogP contribution >= 0.6 is 0 Å². The molecule has 0 saturated carbocycles. The zero-order valence-corrected chi connectivity index (χ0v) is 12.7. The molecular weight excluding hydrogens is 285 g/mol. The van der Waals surface area contributed by atoms with E-state index in [-0.39, 0.29) is 29.7 Å². The summed E-state index contributed by atoms with van der Waals surface area (Å²) in [5.74, 6) is -0.660. The van der Waals surface area contributed by atoms with E-state index in [9.17, 15) is 17.9 Å². The summed E-state index contributed by atoms with van der Waals surface area (Å²) >= 11 is 0. The van der Waals surface area contributed by atoms with Crippen molar-refractivity contribution < 1.29 is 22.7 Å². The van der Waals surface area contributed by atoms with Crippen LogP contribution in [0.1, 0.15) is 19.4 Å². The van der Waals surface area contributed by atoms with Gasteiger partial charge in [-0.15, -0.1) is 0 Å². The first-order valence-corrected chi connectivity index (χ1v) is 7.70. The van der Waals surface area contributed by atoms with Gasteiger partial charge in [0.15, 0.2) is 0 Å². The van der Waals surface area contributed by atoms with E-state index in [0.717, 1.165) is 16.4 Å². The van der Waals surface area contributed by atoms with Gasteiger partial charge in [0, 0.05) is 13.6 Å². The van der Waals surface area contributed by atoms with Gasteiger partial charge in [0.2, 0.25) is 10.0 Å². The molecule has 0 aliphatic carbocycles. The molecule has 0 fully saturated rings. The lowest BCUT2D eigenvalue weighted by Crippen LogP contribution is -2.31. The molecule has 1 N–H and O–H groups in total. The van der Waals surface area contributed by atoms with Gasteiger partial charge in [-0.3, -0.25) is 0 Å². The highest BCUT2D eigenvalue weighted by Gasteiger charge is 2.24. The van der Waals surface area contributed by atoms with Crippen LogP contribution in [0.25, 0.3) is 0 Å². The molecular formula is C13H20FNO4S. The van der Waals surface area contributed by atoms with E-state index in [2.05, 4.69) is 0 Å². The number of halogens is 1. The molecule has 1 aromatic carbocycles. The Morgan fingerprint density at radius 3 is 2.60 bits per heavy atom. The third kappa shape index (κ3) is 4.24. The van der Waals surface area contributed by atoms with Crippen molar-refractivity contribution in [2.45, 2.75) is 31.5 Å². The van der Waals surface area contributed by atoms with Crippen LogP contribution in [0, 0.1) is 5.82 Å². The SMILES string of the molecule is CC(C)OCCN(C)S(=O)(=O)c1cc(F)ccc1CO. The van der Waals surface area contributed by atoms with Gasteiger partial charge in [0.25, 0.3) is 0 Å². The largest absolute Gasteiger partial charge is 0.392 e. The molecule has 0 aliphatic heterocycles. The Hall–Kier alpha value is -1.02. The molecule has 0 saturated heterocycles. The van der Waals surface area contributed by atoms with Crippen molar-refractivity contribution >= 4 is 10.0 Å². The minimum absolute atomic E-state index is 0.00766. The average molecular weight is 305 g/mol. The molecule has 7 heteroatoms. The highest BCUT2D eigenvalue weighted by molar-refractivity contribution is 7.89. The smallest absolute Gasteiger partial charge is 0.243 e. The fourth-order valence-corrected chi connectivity index (χ4v) is 2.98. The van der Waals surface area contributed by atoms with Crippen molar-refractivity contribution in [3.05, 3.63) is 29.6 Å². The average Bonchev–Trinajstić information content (AvgIpc) is 2.38. The van der Waals surface area contributed by atoms with Crippen molar-refractivity contribution in [3.8, 4) is 0 Å². The number of hydrogen-bond acceptors (Lipinski definition) is 4. The molecule has 20 heavy (non-hydrogen) atoms. The van der Waals surface area contributed by atoms with E-state index in [4.69, 9.17) is 4.74 Å². The van der Waals surface area contributed by atoms with Gasteiger partial charge in [-0.1, -0.05) is 6.07 Å². The first-order valence-electron chi connectivity index (χ1n) is 6.26. The number of ether oxygens (including phenoxy) is 1. The summed E-state index contributed by atoms with van der Waals surface area (Å²) in [5, 5.41) is 9.17. The van der Waals surface area contributed by atoms with Crippen molar-refractivity contribution in [2.24, 2.45) is 0 Å². The van der Waals surface area contributed by atoms with Crippen LogP contribution in [0.2, 0.25) is 0 Å². The second-order valence-electron chi connectivity index (χ2n) is 4.66. The van der Waals surface area contributed by atoms with Gasteiger partial charge in [-0.2, -0.15) is 4.31 Å². The Bertz CT molecular complexity index is 545. The molecule has 0 heterocycles. The molecule has 0 radical (unpaired) electrons. The molecule has 0 aromatic heterocycles. The Balaban J connectivity index is 2.95. The predicted octanol–water partition coefficient (Wildman–Crippen LogP) is 1.36. The fourth-order valence-electron chi connectivity index (χ4n) is 1.60. The lowest BCUT2D eigenvalue weighted by molar-refractivity contribution is 0.0737. The molecule has 0 bridgehead atoms. The van der Waals surface area contributed by atoms with Gasteiger partial charge in [0.05, 0.1) is 24.2 Å². The van der Waals surface area contributed by atoms with Crippen LogP contribution < -0.4 is 0 Å². The van der Waals surface area contributed by atoms with Crippen molar-refractivity contribution in [2.75, 3.05) is 20.2 Å².